The number of imidazole rings is 1. The average molecular weight is 511 g/mol. The van der Waals surface area contributed by atoms with E-state index < -0.39 is 60.2 Å². The van der Waals surface area contributed by atoms with Gasteiger partial charge in [0.15, 0.2) is 0 Å². The highest BCUT2D eigenvalue weighted by atomic mass is 16.4. The number of H-pyrrole nitrogens is 1. The summed E-state index contributed by atoms with van der Waals surface area (Å²) in [6.07, 6.45) is 3.98. The Bertz CT molecular complexity index is 876. The van der Waals surface area contributed by atoms with Gasteiger partial charge in [-0.2, -0.15) is 0 Å². The summed E-state index contributed by atoms with van der Waals surface area (Å²) in [5.74, 6) is -4.12. The number of carbonyl (C=O) groups is 5. The average Bonchev–Trinajstić information content (AvgIpc) is 3.29. The van der Waals surface area contributed by atoms with Crippen LogP contribution in [0.25, 0.3) is 0 Å². The summed E-state index contributed by atoms with van der Waals surface area (Å²) in [5.41, 5.74) is 16.8. The van der Waals surface area contributed by atoms with Gasteiger partial charge in [-0.25, -0.2) is 9.78 Å². The monoisotopic (exact) mass is 510 g/mol. The van der Waals surface area contributed by atoms with Crippen LogP contribution in [0.5, 0.6) is 0 Å². The molecule has 0 aliphatic carbocycles. The van der Waals surface area contributed by atoms with E-state index in [0.717, 1.165) is 0 Å². The number of hydrogen-bond donors (Lipinski definition) is 8. The number of aromatic nitrogens is 2. The van der Waals surface area contributed by atoms with Crippen LogP contribution in [0.3, 0.4) is 0 Å². The largest absolute Gasteiger partial charge is 0.480 e. The molecule has 0 saturated carbocycles. The van der Waals surface area contributed by atoms with E-state index in [1.54, 1.807) is 0 Å². The maximum absolute atomic E-state index is 13.2. The molecule has 4 unspecified atom stereocenters. The molecule has 0 radical (unpaired) electrons. The van der Waals surface area contributed by atoms with Gasteiger partial charge in [0.1, 0.15) is 18.1 Å². The summed E-state index contributed by atoms with van der Waals surface area (Å²) >= 11 is 0. The molecular formula is C22H38N8O6. The third-order valence-electron chi connectivity index (χ3n) is 5.27. The second-order valence-corrected chi connectivity index (χ2v) is 8.99. The topological polar surface area (TPSA) is 248 Å². The molecule has 1 rings (SSSR count). The van der Waals surface area contributed by atoms with Crippen LogP contribution in [-0.2, 0) is 30.4 Å². The fourth-order valence-corrected chi connectivity index (χ4v) is 3.41. The molecule has 0 aliphatic rings. The number of unbranched alkanes of at least 4 members (excludes halogenated alkanes) is 1. The number of carboxylic acid groups (broad SMARTS) is 1. The number of nitrogens with zero attached hydrogens (tertiary/aromatic N) is 1. The number of nitrogens with two attached hydrogens (primary N) is 3. The normalized spacial score (nSPS) is 14.4. The Morgan fingerprint density at radius 3 is 2.14 bits per heavy atom. The number of nitrogens with one attached hydrogen (secondary N) is 4. The summed E-state index contributed by atoms with van der Waals surface area (Å²) in [4.78, 5) is 68.0. The van der Waals surface area contributed by atoms with Gasteiger partial charge in [0.05, 0.1) is 18.8 Å². The first-order valence-electron chi connectivity index (χ1n) is 11.8. The van der Waals surface area contributed by atoms with Gasteiger partial charge in [0.25, 0.3) is 0 Å². The first-order chi connectivity index (χ1) is 16.9. The molecule has 1 aromatic rings. The smallest absolute Gasteiger partial charge is 0.326 e. The number of aromatic amines is 1. The molecule has 14 heteroatoms. The highest BCUT2D eigenvalue weighted by Crippen LogP contribution is 2.09. The Morgan fingerprint density at radius 2 is 1.61 bits per heavy atom. The summed E-state index contributed by atoms with van der Waals surface area (Å²) in [7, 11) is 0. The molecule has 4 atom stereocenters. The number of carboxylic acids is 1. The molecule has 0 spiro atoms. The van der Waals surface area contributed by atoms with Crippen molar-refractivity contribution in [1.82, 2.24) is 25.9 Å². The van der Waals surface area contributed by atoms with Crippen molar-refractivity contribution in [3.8, 4) is 0 Å². The fourth-order valence-electron chi connectivity index (χ4n) is 3.41. The van der Waals surface area contributed by atoms with E-state index >= 15 is 0 Å². The minimum Gasteiger partial charge on any atom is -0.480 e. The molecule has 0 fully saturated rings. The number of carbonyl (C=O) groups excluding carboxylic acids is 4. The maximum atomic E-state index is 13.2. The lowest BCUT2D eigenvalue weighted by atomic mass is 10.0. The van der Waals surface area contributed by atoms with Crippen molar-refractivity contribution in [2.24, 2.45) is 23.1 Å². The van der Waals surface area contributed by atoms with Crippen molar-refractivity contribution in [2.75, 3.05) is 6.54 Å². The molecule has 0 aliphatic heterocycles. The molecule has 202 valence electrons. The molecule has 14 nitrogen and oxygen atoms in total. The summed E-state index contributed by atoms with van der Waals surface area (Å²) in [6.45, 7) is 4.09. The molecule has 36 heavy (non-hydrogen) atoms. The third kappa shape index (κ3) is 11.3. The van der Waals surface area contributed by atoms with Crippen molar-refractivity contribution in [1.29, 1.82) is 0 Å². The summed E-state index contributed by atoms with van der Waals surface area (Å²) in [5, 5.41) is 17.1. The first-order valence-corrected chi connectivity index (χ1v) is 11.8. The van der Waals surface area contributed by atoms with E-state index in [4.69, 9.17) is 17.2 Å². The van der Waals surface area contributed by atoms with E-state index in [-0.39, 0.29) is 25.2 Å². The van der Waals surface area contributed by atoms with Crippen LogP contribution in [-0.4, -0.2) is 75.4 Å². The zero-order valence-electron chi connectivity index (χ0n) is 20.7. The van der Waals surface area contributed by atoms with Crippen LogP contribution in [0.15, 0.2) is 12.5 Å². The fraction of sp³-hybridized carbons (Fsp3) is 0.636. The zero-order valence-corrected chi connectivity index (χ0v) is 20.7. The predicted octanol–water partition coefficient (Wildman–Crippen LogP) is -2.13. The number of primary amides is 1. The van der Waals surface area contributed by atoms with Gasteiger partial charge in [-0.1, -0.05) is 13.8 Å². The second-order valence-electron chi connectivity index (χ2n) is 8.99. The Labute approximate surface area is 209 Å². The van der Waals surface area contributed by atoms with E-state index in [9.17, 15) is 29.1 Å². The summed E-state index contributed by atoms with van der Waals surface area (Å²) in [6, 6.07) is -4.63. The van der Waals surface area contributed by atoms with E-state index in [1.165, 1.54) is 12.5 Å². The Morgan fingerprint density at radius 1 is 1.00 bits per heavy atom. The molecule has 0 aromatic carbocycles. The minimum absolute atomic E-state index is 0.00623. The zero-order chi connectivity index (χ0) is 27.3. The molecule has 11 N–H and O–H groups in total. The molecule has 0 bridgehead atoms. The van der Waals surface area contributed by atoms with Gasteiger partial charge in [-0.05, 0) is 38.1 Å². The van der Waals surface area contributed by atoms with Gasteiger partial charge in [-0.15, -0.1) is 0 Å². The first kappa shape index (κ1) is 30.5. The molecule has 0 saturated heterocycles. The number of rotatable bonds is 17. The molecular weight excluding hydrogens is 472 g/mol. The SMILES string of the molecule is CC(C)CC(NC(=O)C(Cc1cnc[nH]1)NC(=O)C(N)CC(N)=O)C(=O)NC(CCCCN)C(=O)O. The van der Waals surface area contributed by atoms with Gasteiger partial charge in [0.2, 0.25) is 23.6 Å². The third-order valence-corrected chi connectivity index (χ3v) is 5.27. The highest BCUT2D eigenvalue weighted by Gasteiger charge is 2.31. The summed E-state index contributed by atoms with van der Waals surface area (Å²) < 4.78 is 0. The minimum atomic E-state index is -1.26. The van der Waals surface area contributed by atoms with Gasteiger partial charge in [-0.3, -0.25) is 19.2 Å². The molecule has 1 heterocycles. The highest BCUT2D eigenvalue weighted by molar-refractivity contribution is 5.95. The number of amides is 4. The number of aliphatic carboxylic acids is 1. The van der Waals surface area contributed by atoms with Crippen molar-refractivity contribution in [3.63, 3.8) is 0 Å². The Hall–Kier alpha value is -3.52. The van der Waals surface area contributed by atoms with Gasteiger partial charge in [0, 0.05) is 18.3 Å². The van der Waals surface area contributed by atoms with Crippen molar-refractivity contribution in [2.45, 2.75) is 76.5 Å². The lowest BCUT2D eigenvalue weighted by Crippen LogP contribution is -2.58. The van der Waals surface area contributed by atoms with E-state index in [1.807, 2.05) is 13.8 Å². The van der Waals surface area contributed by atoms with Crippen LogP contribution >= 0.6 is 0 Å². The molecule has 1 aromatic heterocycles. The quantitative estimate of drug-likeness (QED) is 0.106. The van der Waals surface area contributed by atoms with Crippen LogP contribution in [0.2, 0.25) is 0 Å². The number of hydrogen-bond acceptors (Lipinski definition) is 8. The van der Waals surface area contributed by atoms with Crippen LogP contribution in [0.1, 0.15) is 51.6 Å². The lowest BCUT2D eigenvalue weighted by Gasteiger charge is -2.26. The van der Waals surface area contributed by atoms with E-state index in [0.29, 0.717) is 25.1 Å². The predicted molar refractivity (Wildman–Crippen MR) is 130 cm³/mol. The Balaban J connectivity index is 3.02. The van der Waals surface area contributed by atoms with Crippen molar-refractivity contribution < 1.29 is 29.1 Å². The van der Waals surface area contributed by atoms with E-state index in [2.05, 4.69) is 25.9 Å². The van der Waals surface area contributed by atoms with Crippen LogP contribution in [0, 0.1) is 5.92 Å². The molecule has 4 amide bonds. The lowest BCUT2D eigenvalue weighted by molar-refractivity contribution is -0.142. The van der Waals surface area contributed by atoms with Crippen LogP contribution in [0.4, 0.5) is 0 Å². The maximum Gasteiger partial charge on any atom is 0.326 e. The van der Waals surface area contributed by atoms with Gasteiger partial charge >= 0.3 is 5.97 Å². The van der Waals surface area contributed by atoms with Crippen molar-refractivity contribution >= 4 is 29.6 Å². The second kappa shape index (κ2) is 15.5. The van der Waals surface area contributed by atoms with Crippen LogP contribution < -0.4 is 33.2 Å². The van der Waals surface area contributed by atoms with Gasteiger partial charge < -0.3 is 43.2 Å². The standard InChI is InChI=1S/C22H38N8O6/c1-12(2)7-16(20(33)28-15(22(35)36)5-3-4-6-23)30-21(34)17(8-13-10-26-11-27-13)29-19(32)14(24)9-18(25)31/h10-12,14-17H,3-9,23-24H2,1-2H3,(H2,25,31)(H,26,27)(H,28,33)(H,29,32)(H,30,34)(H,35,36). The Kier molecular flexibility index (Phi) is 13.1. The van der Waals surface area contributed by atoms with Crippen molar-refractivity contribution in [3.05, 3.63) is 18.2 Å².